The lowest BCUT2D eigenvalue weighted by molar-refractivity contribution is -0.153. The molecule has 1 heterocycles. The second-order valence-electron chi connectivity index (χ2n) is 7.15. The molecule has 5 nitrogen and oxygen atoms in total. The van der Waals surface area contributed by atoms with Gasteiger partial charge in [-0.25, -0.2) is 4.79 Å². The van der Waals surface area contributed by atoms with E-state index in [1.807, 2.05) is 7.05 Å². The minimum Gasteiger partial charge on any atom is -0.467 e. The smallest absolute Gasteiger partial charge is 0.328 e. The standard InChI is InChI=1S/C19H30N2O3/c1-14(2)17(20(3)13-15-9-6-5-7-10-15)18(22)21-12-8-11-16(21)19(23)24-4/h5-7,9,14-17H,8,10-13H2,1-4H3. The number of likely N-dealkylation sites (tertiary alicyclic amines) is 1. The highest BCUT2D eigenvalue weighted by Crippen LogP contribution is 2.24. The summed E-state index contributed by atoms with van der Waals surface area (Å²) in [5.41, 5.74) is 0. The van der Waals surface area contributed by atoms with Crippen LogP contribution in [0.3, 0.4) is 0 Å². The van der Waals surface area contributed by atoms with Crippen molar-refractivity contribution in [1.29, 1.82) is 0 Å². The molecule has 1 fully saturated rings. The lowest BCUT2D eigenvalue weighted by atomic mass is 9.96. The van der Waals surface area contributed by atoms with Gasteiger partial charge in [-0.3, -0.25) is 9.69 Å². The summed E-state index contributed by atoms with van der Waals surface area (Å²) in [5, 5.41) is 0. The summed E-state index contributed by atoms with van der Waals surface area (Å²) in [6.45, 7) is 5.62. The third kappa shape index (κ3) is 4.26. The zero-order chi connectivity index (χ0) is 17.7. The van der Waals surface area contributed by atoms with Crippen molar-refractivity contribution in [3.8, 4) is 0 Å². The van der Waals surface area contributed by atoms with E-state index in [1.165, 1.54) is 7.11 Å². The average molecular weight is 334 g/mol. The number of amides is 1. The normalized spacial score (nSPS) is 24.7. The molecule has 0 aromatic heterocycles. The molecule has 0 spiro atoms. The number of allylic oxidation sites excluding steroid dienone is 3. The van der Waals surface area contributed by atoms with E-state index >= 15 is 0 Å². The summed E-state index contributed by atoms with van der Waals surface area (Å²) in [6, 6.07) is -0.635. The van der Waals surface area contributed by atoms with Crippen molar-refractivity contribution in [2.75, 3.05) is 27.2 Å². The molecule has 0 aromatic rings. The second-order valence-corrected chi connectivity index (χ2v) is 7.15. The summed E-state index contributed by atoms with van der Waals surface area (Å²) in [4.78, 5) is 29.0. The minimum absolute atomic E-state index is 0.0516. The zero-order valence-electron chi connectivity index (χ0n) is 15.3. The highest BCUT2D eigenvalue weighted by Gasteiger charge is 2.40. The molecule has 134 valence electrons. The Morgan fingerprint density at radius 3 is 2.67 bits per heavy atom. The van der Waals surface area contributed by atoms with E-state index in [4.69, 9.17) is 4.74 Å². The van der Waals surface area contributed by atoms with Gasteiger partial charge in [0, 0.05) is 13.1 Å². The van der Waals surface area contributed by atoms with Crippen molar-refractivity contribution in [3.63, 3.8) is 0 Å². The third-order valence-electron chi connectivity index (χ3n) is 4.96. The molecular formula is C19H30N2O3. The van der Waals surface area contributed by atoms with Crippen molar-refractivity contribution >= 4 is 11.9 Å². The highest BCUT2D eigenvalue weighted by molar-refractivity contribution is 5.88. The van der Waals surface area contributed by atoms with E-state index in [0.29, 0.717) is 18.9 Å². The van der Waals surface area contributed by atoms with Crippen LogP contribution in [0, 0.1) is 11.8 Å². The Kier molecular flexibility index (Phi) is 6.60. The molecule has 1 saturated heterocycles. The molecule has 0 bridgehead atoms. The number of hydrogen-bond acceptors (Lipinski definition) is 4. The van der Waals surface area contributed by atoms with Crippen LogP contribution in [0.4, 0.5) is 0 Å². The molecule has 3 atom stereocenters. The number of likely N-dealkylation sites (N-methyl/N-ethyl adjacent to an activating group) is 1. The van der Waals surface area contributed by atoms with E-state index in [-0.39, 0.29) is 23.8 Å². The number of esters is 1. The molecule has 3 unspecified atom stereocenters. The number of ether oxygens (including phenoxy) is 1. The van der Waals surface area contributed by atoms with Gasteiger partial charge in [0.25, 0.3) is 0 Å². The van der Waals surface area contributed by atoms with Crippen LogP contribution in [0.5, 0.6) is 0 Å². The van der Waals surface area contributed by atoms with Gasteiger partial charge in [0.05, 0.1) is 13.2 Å². The van der Waals surface area contributed by atoms with Crippen molar-refractivity contribution in [2.45, 2.75) is 45.2 Å². The van der Waals surface area contributed by atoms with Gasteiger partial charge >= 0.3 is 5.97 Å². The van der Waals surface area contributed by atoms with E-state index in [0.717, 1.165) is 19.4 Å². The molecule has 1 aliphatic carbocycles. The van der Waals surface area contributed by atoms with Crippen LogP contribution in [0.2, 0.25) is 0 Å². The summed E-state index contributed by atoms with van der Waals surface area (Å²) < 4.78 is 4.87. The minimum atomic E-state index is -0.422. The van der Waals surface area contributed by atoms with Gasteiger partial charge in [-0.2, -0.15) is 0 Å². The Morgan fingerprint density at radius 1 is 1.33 bits per heavy atom. The van der Waals surface area contributed by atoms with Crippen molar-refractivity contribution < 1.29 is 14.3 Å². The number of methoxy groups -OCH3 is 1. The summed E-state index contributed by atoms with van der Waals surface area (Å²) in [7, 11) is 3.40. The molecule has 1 amide bonds. The Bertz CT molecular complexity index is 513. The van der Waals surface area contributed by atoms with E-state index in [9.17, 15) is 9.59 Å². The van der Waals surface area contributed by atoms with Gasteiger partial charge in [0.2, 0.25) is 5.91 Å². The molecule has 0 aromatic carbocycles. The van der Waals surface area contributed by atoms with Crippen LogP contribution in [-0.2, 0) is 14.3 Å². The molecule has 0 radical (unpaired) electrons. The third-order valence-corrected chi connectivity index (χ3v) is 4.96. The lowest BCUT2D eigenvalue weighted by Gasteiger charge is -2.36. The van der Waals surface area contributed by atoms with Gasteiger partial charge in [0.1, 0.15) is 6.04 Å². The first kappa shape index (κ1) is 18.7. The predicted molar refractivity (Wildman–Crippen MR) is 94.4 cm³/mol. The number of carbonyl (C=O) groups is 2. The summed E-state index contributed by atoms with van der Waals surface area (Å²) >= 11 is 0. The Morgan fingerprint density at radius 2 is 2.08 bits per heavy atom. The zero-order valence-corrected chi connectivity index (χ0v) is 15.3. The van der Waals surface area contributed by atoms with Crippen molar-refractivity contribution in [3.05, 3.63) is 24.3 Å². The molecular weight excluding hydrogens is 304 g/mol. The topological polar surface area (TPSA) is 49.9 Å². The first-order valence-corrected chi connectivity index (χ1v) is 8.87. The van der Waals surface area contributed by atoms with Gasteiger partial charge in [-0.05, 0) is 38.1 Å². The largest absolute Gasteiger partial charge is 0.467 e. The molecule has 0 saturated carbocycles. The second kappa shape index (κ2) is 8.47. The summed E-state index contributed by atoms with van der Waals surface area (Å²) in [5.74, 6) is 0.371. The monoisotopic (exact) mass is 334 g/mol. The first-order valence-electron chi connectivity index (χ1n) is 8.87. The first-order chi connectivity index (χ1) is 11.5. The predicted octanol–water partition coefficient (Wildman–Crippen LogP) is 2.24. The molecule has 0 N–H and O–H groups in total. The maximum atomic E-state index is 13.1. The number of nitrogens with zero attached hydrogens (tertiary/aromatic N) is 2. The maximum Gasteiger partial charge on any atom is 0.328 e. The number of hydrogen-bond donors (Lipinski definition) is 0. The fraction of sp³-hybridized carbons (Fsp3) is 0.684. The Hall–Kier alpha value is -1.62. The van der Waals surface area contributed by atoms with E-state index < -0.39 is 6.04 Å². The fourth-order valence-electron chi connectivity index (χ4n) is 3.81. The van der Waals surface area contributed by atoms with E-state index in [2.05, 4.69) is 43.1 Å². The Labute approximate surface area is 145 Å². The molecule has 1 aliphatic heterocycles. The van der Waals surface area contributed by atoms with Crippen LogP contribution in [0.15, 0.2) is 24.3 Å². The molecule has 2 rings (SSSR count). The van der Waals surface area contributed by atoms with Crippen LogP contribution in [-0.4, -0.2) is 61.0 Å². The number of rotatable bonds is 6. The lowest BCUT2D eigenvalue weighted by Crippen LogP contribution is -2.53. The van der Waals surface area contributed by atoms with Gasteiger partial charge in [0.15, 0.2) is 0 Å². The van der Waals surface area contributed by atoms with Gasteiger partial charge < -0.3 is 9.64 Å². The Balaban J connectivity index is 2.08. The highest BCUT2D eigenvalue weighted by atomic mass is 16.5. The van der Waals surface area contributed by atoms with Crippen LogP contribution in [0.1, 0.15) is 33.1 Å². The maximum absolute atomic E-state index is 13.1. The quantitative estimate of drug-likeness (QED) is 0.699. The van der Waals surface area contributed by atoms with Crippen LogP contribution >= 0.6 is 0 Å². The fourth-order valence-corrected chi connectivity index (χ4v) is 3.81. The van der Waals surface area contributed by atoms with Crippen LogP contribution in [0.25, 0.3) is 0 Å². The molecule has 24 heavy (non-hydrogen) atoms. The number of carbonyl (C=O) groups excluding carboxylic acids is 2. The summed E-state index contributed by atoms with van der Waals surface area (Å²) in [6.07, 6.45) is 11.1. The van der Waals surface area contributed by atoms with Crippen molar-refractivity contribution in [1.82, 2.24) is 9.80 Å². The van der Waals surface area contributed by atoms with E-state index in [1.54, 1.807) is 4.90 Å². The SMILES string of the molecule is COC(=O)C1CCCN1C(=O)C(C(C)C)N(C)CC1C=CC=CC1. The van der Waals surface area contributed by atoms with Gasteiger partial charge in [-0.1, -0.05) is 38.2 Å². The molecule has 5 heteroatoms. The van der Waals surface area contributed by atoms with Gasteiger partial charge in [-0.15, -0.1) is 0 Å². The molecule has 2 aliphatic rings. The van der Waals surface area contributed by atoms with Crippen molar-refractivity contribution in [2.24, 2.45) is 11.8 Å². The van der Waals surface area contributed by atoms with Crippen LogP contribution < -0.4 is 0 Å². The average Bonchev–Trinajstić information content (AvgIpc) is 3.04.